The second-order valence-electron chi connectivity index (χ2n) is 3.54. The average molecular weight is 268 g/mol. The number of nitrogens with zero attached hydrogens (tertiary/aromatic N) is 2. The number of rotatable bonds is 3. The third-order valence-electron chi connectivity index (χ3n) is 2.39. The van der Waals surface area contributed by atoms with Gasteiger partial charge >= 0.3 is 0 Å². The molecule has 2 aromatic rings. The lowest BCUT2D eigenvalue weighted by atomic mass is 10.1. The first kappa shape index (κ1) is 12.0. The van der Waals surface area contributed by atoms with Gasteiger partial charge in [-0.25, -0.2) is 4.98 Å². The molecule has 0 saturated heterocycles. The topological polar surface area (TPSA) is 43.8 Å². The van der Waals surface area contributed by atoms with Crippen LogP contribution in [0.15, 0.2) is 37.2 Å². The van der Waals surface area contributed by atoms with Crippen molar-refractivity contribution < 1.29 is 0 Å². The molecule has 3 nitrogen and oxygen atoms in total. The van der Waals surface area contributed by atoms with Gasteiger partial charge in [-0.1, -0.05) is 29.3 Å². The highest BCUT2D eigenvalue weighted by Crippen LogP contribution is 2.32. The number of nitrogens with two attached hydrogens (primary N) is 1. The zero-order valence-electron chi connectivity index (χ0n) is 9.03. The Morgan fingerprint density at radius 1 is 1.41 bits per heavy atom. The Morgan fingerprint density at radius 2 is 2.18 bits per heavy atom. The van der Waals surface area contributed by atoms with Gasteiger partial charge in [0.2, 0.25) is 0 Å². The number of hydrogen-bond acceptors (Lipinski definition) is 2. The molecule has 2 N–H and O–H groups in total. The maximum Gasteiger partial charge on any atom is 0.131 e. The highest BCUT2D eigenvalue weighted by atomic mass is 35.5. The Kier molecular flexibility index (Phi) is 3.41. The molecule has 1 aromatic carbocycles. The minimum Gasteiger partial charge on any atom is -0.383 e. The van der Waals surface area contributed by atoms with E-state index in [1.54, 1.807) is 29.1 Å². The molecule has 0 aliphatic heterocycles. The molecule has 17 heavy (non-hydrogen) atoms. The van der Waals surface area contributed by atoms with Gasteiger partial charge in [-0.3, -0.25) is 0 Å². The van der Waals surface area contributed by atoms with E-state index < -0.39 is 0 Å². The first-order valence-electron chi connectivity index (χ1n) is 5.00. The molecule has 0 fully saturated rings. The number of allylic oxidation sites excluding steroid dienone is 1. The summed E-state index contributed by atoms with van der Waals surface area (Å²) in [7, 11) is 0. The van der Waals surface area contributed by atoms with Gasteiger partial charge in [0.1, 0.15) is 11.5 Å². The van der Waals surface area contributed by atoms with E-state index in [9.17, 15) is 0 Å². The second kappa shape index (κ2) is 4.82. The van der Waals surface area contributed by atoms with Crippen LogP contribution in [0.2, 0.25) is 10.0 Å². The molecule has 0 unspecified atom stereocenters. The van der Waals surface area contributed by atoms with E-state index in [4.69, 9.17) is 28.9 Å². The molecule has 1 aromatic heterocycles. The molecule has 0 radical (unpaired) electrons. The Hall–Kier alpha value is -1.45. The third-order valence-corrected chi connectivity index (χ3v) is 2.94. The van der Waals surface area contributed by atoms with Gasteiger partial charge in [0.25, 0.3) is 0 Å². The summed E-state index contributed by atoms with van der Waals surface area (Å²) >= 11 is 12.0. The van der Waals surface area contributed by atoms with Crippen molar-refractivity contribution in [3.05, 3.63) is 47.2 Å². The van der Waals surface area contributed by atoms with Crippen LogP contribution >= 0.6 is 23.2 Å². The van der Waals surface area contributed by atoms with Gasteiger partial charge < -0.3 is 10.3 Å². The van der Waals surface area contributed by atoms with E-state index in [1.165, 1.54) is 0 Å². The molecule has 2 rings (SSSR count). The van der Waals surface area contributed by atoms with Crippen LogP contribution in [0.5, 0.6) is 0 Å². The summed E-state index contributed by atoms with van der Waals surface area (Å²) in [5, 5.41) is 1.12. The Morgan fingerprint density at radius 3 is 2.82 bits per heavy atom. The minimum atomic E-state index is 0.535. The molecular formula is C12H11Cl2N3. The predicted octanol–water partition coefficient (Wildman–Crippen LogP) is 3.63. The predicted molar refractivity (Wildman–Crippen MR) is 72.3 cm³/mol. The number of anilines is 1. The summed E-state index contributed by atoms with van der Waals surface area (Å²) in [5.41, 5.74) is 7.42. The Balaban J connectivity index is 2.49. The number of nitrogen functional groups attached to an aromatic ring is 1. The fourth-order valence-corrected chi connectivity index (χ4v) is 2.06. The standard InChI is InChI=1S/C12H11Cl2N3/c1-2-5-17-7-16-11(12(17)15)9-4-3-8(13)6-10(9)14/h2-4,6-7H,1,5,15H2. The van der Waals surface area contributed by atoms with E-state index in [0.29, 0.717) is 28.1 Å². The smallest absolute Gasteiger partial charge is 0.131 e. The first-order valence-corrected chi connectivity index (χ1v) is 5.76. The van der Waals surface area contributed by atoms with Crippen LogP contribution in [0.1, 0.15) is 0 Å². The van der Waals surface area contributed by atoms with Crippen LogP contribution < -0.4 is 5.73 Å². The van der Waals surface area contributed by atoms with Gasteiger partial charge in [0.05, 0.1) is 11.3 Å². The first-order chi connectivity index (χ1) is 8.13. The second-order valence-corrected chi connectivity index (χ2v) is 4.39. The summed E-state index contributed by atoms with van der Waals surface area (Å²) in [4.78, 5) is 4.26. The van der Waals surface area contributed by atoms with E-state index in [0.717, 1.165) is 5.56 Å². The zero-order chi connectivity index (χ0) is 12.4. The summed E-state index contributed by atoms with van der Waals surface area (Å²) < 4.78 is 1.80. The van der Waals surface area contributed by atoms with Crippen LogP contribution in [-0.4, -0.2) is 9.55 Å². The highest BCUT2D eigenvalue weighted by molar-refractivity contribution is 6.36. The average Bonchev–Trinajstić information content (AvgIpc) is 2.62. The van der Waals surface area contributed by atoms with Crippen LogP contribution in [0.25, 0.3) is 11.3 Å². The number of hydrogen-bond donors (Lipinski definition) is 1. The van der Waals surface area contributed by atoms with Crippen LogP contribution in [0.4, 0.5) is 5.82 Å². The van der Waals surface area contributed by atoms with Gasteiger partial charge in [-0.2, -0.15) is 0 Å². The zero-order valence-corrected chi connectivity index (χ0v) is 10.5. The van der Waals surface area contributed by atoms with Crippen molar-refractivity contribution in [1.82, 2.24) is 9.55 Å². The SMILES string of the molecule is C=CCn1cnc(-c2ccc(Cl)cc2Cl)c1N. The van der Waals surface area contributed by atoms with Crippen molar-refractivity contribution in [3.63, 3.8) is 0 Å². The summed E-state index contributed by atoms with van der Waals surface area (Å²) in [6.45, 7) is 4.28. The lowest BCUT2D eigenvalue weighted by Crippen LogP contribution is -2.00. The maximum atomic E-state index is 6.11. The fraction of sp³-hybridized carbons (Fsp3) is 0.0833. The lowest BCUT2D eigenvalue weighted by Gasteiger charge is -2.04. The molecule has 5 heteroatoms. The Labute approximate surface area is 109 Å². The Bertz CT molecular complexity index is 561. The maximum absolute atomic E-state index is 6.11. The third kappa shape index (κ3) is 2.30. The van der Waals surface area contributed by atoms with Gasteiger partial charge in [0.15, 0.2) is 0 Å². The lowest BCUT2D eigenvalue weighted by molar-refractivity contribution is 0.833. The summed E-state index contributed by atoms with van der Waals surface area (Å²) in [5.74, 6) is 0.564. The number of imidazole rings is 1. The van der Waals surface area contributed by atoms with Gasteiger partial charge in [-0.05, 0) is 18.2 Å². The molecule has 0 amide bonds. The van der Waals surface area contributed by atoms with Gasteiger partial charge in [-0.15, -0.1) is 6.58 Å². The largest absolute Gasteiger partial charge is 0.383 e. The molecule has 0 atom stereocenters. The van der Waals surface area contributed by atoms with Crippen LogP contribution in [0, 0.1) is 0 Å². The van der Waals surface area contributed by atoms with Crippen molar-refractivity contribution in [1.29, 1.82) is 0 Å². The molecule has 0 saturated carbocycles. The fourth-order valence-electron chi connectivity index (χ4n) is 1.57. The van der Waals surface area contributed by atoms with Gasteiger partial charge in [0, 0.05) is 17.1 Å². The number of halogens is 2. The van der Waals surface area contributed by atoms with E-state index >= 15 is 0 Å². The highest BCUT2D eigenvalue weighted by Gasteiger charge is 2.12. The van der Waals surface area contributed by atoms with Crippen molar-refractivity contribution in [2.45, 2.75) is 6.54 Å². The van der Waals surface area contributed by atoms with Crippen molar-refractivity contribution in [2.75, 3.05) is 5.73 Å². The van der Waals surface area contributed by atoms with Crippen molar-refractivity contribution in [3.8, 4) is 11.3 Å². The molecule has 0 spiro atoms. The molecular weight excluding hydrogens is 257 g/mol. The van der Waals surface area contributed by atoms with Crippen LogP contribution in [0.3, 0.4) is 0 Å². The quantitative estimate of drug-likeness (QED) is 0.864. The van der Waals surface area contributed by atoms with Crippen molar-refractivity contribution in [2.24, 2.45) is 0 Å². The summed E-state index contributed by atoms with van der Waals surface area (Å²) in [6, 6.07) is 5.24. The number of aromatic nitrogens is 2. The monoisotopic (exact) mass is 267 g/mol. The normalized spacial score (nSPS) is 10.5. The molecule has 0 aliphatic carbocycles. The molecule has 1 heterocycles. The molecule has 88 valence electrons. The molecule has 0 bridgehead atoms. The minimum absolute atomic E-state index is 0.535. The van der Waals surface area contributed by atoms with E-state index in [1.807, 2.05) is 6.07 Å². The van der Waals surface area contributed by atoms with E-state index in [-0.39, 0.29) is 0 Å². The van der Waals surface area contributed by atoms with E-state index in [2.05, 4.69) is 11.6 Å². The van der Waals surface area contributed by atoms with Crippen molar-refractivity contribution >= 4 is 29.0 Å². The summed E-state index contributed by atoms with van der Waals surface area (Å²) in [6.07, 6.45) is 3.42. The number of benzene rings is 1. The molecule has 0 aliphatic rings. The van der Waals surface area contributed by atoms with Crippen LogP contribution in [-0.2, 0) is 6.54 Å².